The monoisotopic (exact) mass is 272 g/mol. The SMILES string of the molecule is C[C@]12CC/C(=C/c3ccccc3)C[C@@]1(O)CC[C@@H]2CO. The Kier molecular flexibility index (Phi) is 3.47. The van der Waals surface area contributed by atoms with E-state index in [1.54, 1.807) is 0 Å². The maximum Gasteiger partial charge on any atom is 0.0741 e. The third-order valence-electron chi connectivity index (χ3n) is 5.75. The second-order valence-corrected chi connectivity index (χ2v) is 6.76. The van der Waals surface area contributed by atoms with Crippen molar-refractivity contribution in [1.82, 2.24) is 0 Å². The molecule has 0 spiro atoms. The highest BCUT2D eigenvalue weighted by Crippen LogP contribution is 2.58. The summed E-state index contributed by atoms with van der Waals surface area (Å²) in [6.45, 7) is 2.37. The van der Waals surface area contributed by atoms with E-state index in [1.165, 1.54) is 11.1 Å². The number of aliphatic hydroxyl groups excluding tert-OH is 1. The summed E-state index contributed by atoms with van der Waals surface area (Å²) in [7, 11) is 0. The van der Waals surface area contributed by atoms with Gasteiger partial charge in [0.2, 0.25) is 0 Å². The van der Waals surface area contributed by atoms with E-state index in [0.29, 0.717) is 0 Å². The molecule has 3 rings (SSSR count). The first-order valence-electron chi connectivity index (χ1n) is 7.65. The maximum absolute atomic E-state index is 11.1. The number of fused-ring (bicyclic) bond motifs is 1. The molecule has 1 aromatic carbocycles. The summed E-state index contributed by atoms with van der Waals surface area (Å²) in [5.74, 6) is 0.255. The van der Waals surface area contributed by atoms with Crippen molar-refractivity contribution in [3.05, 3.63) is 41.5 Å². The van der Waals surface area contributed by atoms with Crippen LogP contribution in [0, 0.1) is 11.3 Å². The van der Waals surface area contributed by atoms with Crippen LogP contribution < -0.4 is 0 Å². The molecule has 2 saturated carbocycles. The molecule has 0 unspecified atom stereocenters. The Balaban J connectivity index is 1.84. The zero-order valence-corrected chi connectivity index (χ0v) is 12.2. The van der Waals surface area contributed by atoms with Crippen LogP contribution in [0.5, 0.6) is 0 Å². The number of benzene rings is 1. The van der Waals surface area contributed by atoms with Crippen molar-refractivity contribution in [2.24, 2.45) is 11.3 Å². The Morgan fingerprint density at radius 1 is 1.25 bits per heavy atom. The summed E-state index contributed by atoms with van der Waals surface area (Å²) in [5, 5.41) is 20.6. The standard InChI is InChI=1S/C18H24O2/c1-17-9-7-15(11-14-5-3-2-4-6-14)12-18(17,20)10-8-16(17)13-19/h2-6,11,16,19-20H,7-10,12-13H2,1H3/b15-11-/t16-,17-,18+/m1/s1. The Bertz CT molecular complexity index is 507. The fraction of sp³-hybridized carbons (Fsp3) is 0.556. The lowest BCUT2D eigenvalue weighted by atomic mass is 9.61. The fourth-order valence-corrected chi connectivity index (χ4v) is 4.21. The van der Waals surface area contributed by atoms with Crippen molar-refractivity contribution in [2.45, 2.75) is 44.6 Å². The third kappa shape index (κ3) is 2.11. The van der Waals surface area contributed by atoms with E-state index in [0.717, 1.165) is 32.1 Å². The van der Waals surface area contributed by atoms with Gasteiger partial charge in [-0.05, 0) is 43.6 Å². The van der Waals surface area contributed by atoms with Crippen LogP contribution in [0.1, 0.15) is 44.6 Å². The minimum Gasteiger partial charge on any atom is -0.396 e. The van der Waals surface area contributed by atoms with Gasteiger partial charge < -0.3 is 10.2 Å². The lowest BCUT2D eigenvalue weighted by Gasteiger charge is -2.47. The van der Waals surface area contributed by atoms with Gasteiger partial charge in [-0.1, -0.05) is 48.9 Å². The summed E-state index contributed by atoms with van der Waals surface area (Å²) in [6.07, 6.45) is 6.76. The number of hydrogen-bond acceptors (Lipinski definition) is 2. The Morgan fingerprint density at radius 3 is 2.70 bits per heavy atom. The minimum atomic E-state index is -0.626. The van der Waals surface area contributed by atoms with Gasteiger partial charge in [0, 0.05) is 12.0 Å². The molecular formula is C18H24O2. The predicted octanol–water partition coefficient (Wildman–Crippen LogP) is 3.39. The molecule has 0 aliphatic heterocycles. The van der Waals surface area contributed by atoms with Crippen molar-refractivity contribution >= 4 is 6.08 Å². The first-order chi connectivity index (χ1) is 9.57. The second-order valence-electron chi connectivity index (χ2n) is 6.76. The van der Waals surface area contributed by atoms with E-state index in [2.05, 4.69) is 25.1 Å². The molecule has 1 aromatic rings. The van der Waals surface area contributed by atoms with Gasteiger partial charge in [0.1, 0.15) is 0 Å². The smallest absolute Gasteiger partial charge is 0.0741 e. The van der Waals surface area contributed by atoms with Gasteiger partial charge in [-0.25, -0.2) is 0 Å². The molecule has 2 aliphatic rings. The average molecular weight is 272 g/mol. The summed E-state index contributed by atoms with van der Waals surface area (Å²) in [5.41, 5.74) is 1.82. The van der Waals surface area contributed by atoms with Gasteiger partial charge in [0.15, 0.2) is 0 Å². The summed E-state index contributed by atoms with van der Waals surface area (Å²) >= 11 is 0. The molecule has 2 aliphatic carbocycles. The average Bonchev–Trinajstić information content (AvgIpc) is 2.71. The molecule has 2 nitrogen and oxygen atoms in total. The molecule has 108 valence electrons. The van der Waals surface area contributed by atoms with Crippen LogP contribution in [-0.4, -0.2) is 22.4 Å². The van der Waals surface area contributed by atoms with Gasteiger partial charge in [0.05, 0.1) is 5.60 Å². The molecule has 0 heterocycles. The Labute approximate surface area is 121 Å². The summed E-state index contributed by atoms with van der Waals surface area (Å²) < 4.78 is 0. The number of hydrogen-bond donors (Lipinski definition) is 2. The van der Waals surface area contributed by atoms with Crippen LogP contribution in [0.3, 0.4) is 0 Å². The van der Waals surface area contributed by atoms with Crippen LogP contribution in [-0.2, 0) is 0 Å². The van der Waals surface area contributed by atoms with E-state index in [4.69, 9.17) is 0 Å². The second kappa shape index (κ2) is 5.01. The normalized spacial score (nSPS) is 39.0. The van der Waals surface area contributed by atoms with Gasteiger partial charge >= 0.3 is 0 Å². The first-order valence-corrected chi connectivity index (χ1v) is 7.65. The van der Waals surface area contributed by atoms with Crippen molar-refractivity contribution in [2.75, 3.05) is 6.61 Å². The molecule has 2 heteroatoms. The molecule has 0 aromatic heterocycles. The largest absolute Gasteiger partial charge is 0.396 e. The van der Waals surface area contributed by atoms with Crippen LogP contribution >= 0.6 is 0 Å². The summed E-state index contributed by atoms with van der Waals surface area (Å²) in [6, 6.07) is 10.3. The molecule has 20 heavy (non-hydrogen) atoms. The van der Waals surface area contributed by atoms with Gasteiger partial charge in [-0.15, -0.1) is 0 Å². The zero-order chi connectivity index (χ0) is 14.2. The first kappa shape index (κ1) is 13.8. The van der Waals surface area contributed by atoms with E-state index < -0.39 is 5.60 Å². The van der Waals surface area contributed by atoms with Gasteiger partial charge in [0.25, 0.3) is 0 Å². The van der Waals surface area contributed by atoms with Crippen LogP contribution in [0.15, 0.2) is 35.9 Å². The fourth-order valence-electron chi connectivity index (χ4n) is 4.21. The Hall–Kier alpha value is -1.12. The van der Waals surface area contributed by atoms with Crippen molar-refractivity contribution in [3.8, 4) is 0 Å². The van der Waals surface area contributed by atoms with E-state index in [-0.39, 0.29) is 17.9 Å². The highest BCUT2D eigenvalue weighted by atomic mass is 16.3. The highest BCUT2D eigenvalue weighted by Gasteiger charge is 2.57. The maximum atomic E-state index is 11.1. The number of aliphatic hydroxyl groups is 2. The Morgan fingerprint density at radius 2 is 2.00 bits per heavy atom. The van der Waals surface area contributed by atoms with Crippen LogP contribution in [0.4, 0.5) is 0 Å². The van der Waals surface area contributed by atoms with E-state index >= 15 is 0 Å². The molecule has 2 fully saturated rings. The molecule has 0 amide bonds. The van der Waals surface area contributed by atoms with Crippen LogP contribution in [0.2, 0.25) is 0 Å². The number of rotatable bonds is 2. The molecule has 0 saturated heterocycles. The van der Waals surface area contributed by atoms with Crippen LogP contribution in [0.25, 0.3) is 6.08 Å². The summed E-state index contributed by atoms with van der Waals surface area (Å²) in [4.78, 5) is 0. The van der Waals surface area contributed by atoms with Crippen molar-refractivity contribution in [1.29, 1.82) is 0 Å². The van der Waals surface area contributed by atoms with Crippen molar-refractivity contribution in [3.63, 3.8) is 0 Å². The molecular weight excluding hydrogens is 248 g/mol. The topological polar surface area (TPSA) is 40.5 Å². The zero-order valence-electron chi connectivity index (χ0n) is 12.2. The molecule has 0 radical (unpaired) electrons. The molecule has 0 bridgehead atoms. The van der Waals surface area contributed by atoms with Gasteiger partial charge in [-0.2, -0.15) is 0 Å². The lowest BCUT2D eigenvalue weighted by Crippen LogP contribution is -2.48. The highest BCUT2D eigenvalue weighted by molar-refractivity contribution is 5.53. The molecule has 3 atom stereocenters. The molecule has 2 N–H and O–H groups in total. The predicted molar refractivity (Wildman–Crippen MR) is 81.1 cm³/mol. The van der Waals surface area contributed by atoms with E-state index in [1.807, 2.05) is 18.2 Å². The third-order valence-corrected chi connectivity index (χ3v) is 5.75. The van der Waals surface area contributed by atoms with E-state index in [9.17, 15) is 10.2 Å². The minimum absolute atomic E-state index is 0.115. The lowest BCUT2D eigenvalue weighted by molar-refractivity contribution is -0.0913. The van der Waals surface area contributed by atoms with Gasteiger partial charge in [-0.3, -0.25) is 0 Å². The quantitative estimate of drug-likeness (QED) is 0.866. The van der Waals surface area contributed by atoms with Crippen molar-refractivity contribution < 1.29 is 10.2 Å².